The maximum atomic E-state index is 10.8. The average molecular weight is 262 g/mol. The molecule has 0 aromatic heterocycles. The number of carbonyl (C=O) groups is 1. The Labute approximate surface area is 103 Å². The summed E-state index contributed by atoms with van der Waals surface area (Å²) in [6.45, 7) is 0. The van der Waals surface area contributed by atoms with Crippen molar-refractivity contribution < 1.29 is 24.5 Å². The van der Waals surface area contributed by atoms with Gasteiger partial charge in [-0.1, -0.05) is 11.6 Å². The van der Waals surface area contributed by atoms with E-state index in [1.54, 1.807) is 0 Å². The van der Waals surface area contributed by atoms with Gasteiger partial charge in [0.15, 0.2) is 11.5 Å². The number of hydrogen-bond donors (Lipinski definition) is 3. The molecule has 0 radical (unpaired) electrons. The molecule has 0 amide bonds. The molecule has 4 N–H and O–H groups in total. The van der Waals surface area contributed by atoms with E-state index in [4.69, 9.17) is 31.9 Å². The smallest absolute Gasteiger partial charge is 0.325 e. The molecule has 6 nitrogen and oxygen atoms in total. The van der Waals surface area contributed by atoms with E-state index < -0.39 is 17.8 Å². The molecule has 0 heterocycles. The monoisotopic (exact) mass is 261 g/mol. The van der Waals surface area contributed by atoms with Crippen molar-refractivity contribution in [2.75, 3.05) is 14.2 Å². The van der Waals surface area contributed by atoms with Gasteiger partial charge in [-0.15, -0.1) is 0 Å². The van der Waals surface area contributed by atoms with Gasteiger partial charge < -0.3 is 25.4 Å². The Morgan fingerprint density at radius 1 is 1.47 bits per heavy atom. The second-order valence-electron chi connectivity index (χ2n) is 3.17. The van der Waals surface area contributed by atoms with Crippen LogP contribution >= 0.6 is 11.6 Å². The van der Waals surface area contributed by atoms with E-state index >= 15 is 0 Å². The van der Waals surface area contributed by atoms with Crippen LogP contribution in [-0.2, 0) is 4.79 Å². The number of hydrogen-bond acceptors (Lipinski definition) is 5. The molecule has 0 saturated heterocycles. The SMILES string of the molecule is COc1cc(Cl)c(C(N)C(=O)O)c(O)c1OC. The fraction of sp³-hybridized carbons (Fsp3) is 0.300. The fourth-order valence-electron chi connectivity index (χ4n) is 1.38. The number of ether oxygens (including phenoxy) is 2. The molecule has 0 fully saturated rings. The van der Waals surface area contributed by atoms with Crippen LogP contribution in [0.3, 0.4) is 0 Å². The third-order valence-corrected chi connectivity index (χ3v) is 2.52. The summed E-state index contributed by atoms with van der Waals surface area (Å²) >= 11 is 5.84. The Bertz CT molecular complexity index is 449. The number of methoxy groups -OCH3 is 2. The van der Waals surface area contributed by atoms with Gasteiger partial charge in [0.05, 0.1) is 19.2 Å². The number of nitrogens with two attached hydrogens (primary N) is 1. The first kappa shape index (κ1) is 13.4. The molecule has 7 heteroatoms. The van der Waals surface area contributed by atoms with Crippen LogP contribution in [0.15, 0.2) is 6.07 Å². The van der Waals surface area contributed by atoms with Gasteiger partial charge >= 0.3 is 5.97 Å². The number of aromatic hydroxyl groups is 1. The Hall–Kier alpha value is -1.66. The van der Waals surface area contributed by atoms with Crippen molar-refractivity contribution in [3.05, 3.63) is 16.7 Å². The molecular weight excluding hydrogens is 250 g/mol. The van der Waals surface area contributed by atoms with Crippen LogP contribution in [0.25, 0.3) is 0 Å². The number of carboxylic acid groups (broad SMARTS) is 1. The van der Waals surface area contributed by atoms with E-state index in [0.717, 1.165) is 0 Å². The van der Waals surface area contributed by atoms with E-state index in [0.29, 0.717) is 0 Å². The standard InChI is InChI=1S/C10H12ClNO5/c1-16-5-3-4(11)6(7(12)10(14)15)8(13)9(5)17-2/h3,7,13H,12H2,1-2H3,(H,14,15). The van der Waals surface area contributed by atoms with Crippen molar-refractivity contribution in [2.45, 2.75) is 6.04 Å². The number of rotatable bonds is 4. The minimum atomic E-state index is -1.44. The molecule has 1 unspecified atom stereocenters. The maximum absolute atomic E-state index is 10.8. The first-order chi connectivity index (χ1) is 7.93. The van der Waals surface area contributed by atoms with Gasteiger partial charge in [-0.25, -0.2) is 0 Å². The molecule has 0 saturated carbocycles. The van der Waals surface area contributed by atoms with Gasteiger partial charge in [-0.2, -0.15) is 0 Å². The molecule has 1 atom stereocenters. The van der Waals surface area contributed by atoms with Gasteiger partial charge in [0.2, 0.25) is 5.75 Å². The van der Waals surface area contributed by atoms with Crippen molar-refractivity contribution in [1.82, 2.24) is 0 Å². The van der Waals surface area contributed by atoms with Gasteiger partial charge in [-0.05, 0) is 0 Å². The van der Waals surface area contributed by atoms with Crippen LogP contribution in [0.4, 0.5) is 0 Å². The number of phenolic OH excluding ortho intramolecular Hbond substituents is 1. The highest BCUT2D eigenvalue weighted by atomic mass is 35.5. The topological polar surface area (TPSA) is 102 Å². The Kier molecular flexibility index (Phi) is 4.03. The minimum Gasteiger partial charge on any atom is -0.504 e. The molecule has 0 aliphatic carbocycles. The third-order valence-electron chi connectivity index (χ3n) is 2.21. The predicted octanol–water partition coefficient (Wildman–Crippen LogP) is 1.15. The van der Waals surface area contributed by atoms with Crippen LogP contribution in [0.5, 0.6) is 17.2 Å². The Balaban J connectivity index is 3.47. The summed E-state index contributed by atoms with van der Waals surface area (Å²) in [5.74, 6) is -1.57. The van der Waals surface area contributed by atoms with E-state index in [2.05, 4.69) is 0 Å². The van der Waals surface area contributed by atoms with E-state index in [9.17, 15) is 9.90 Å². The Morgan fingerprint density at radius 3 is 2.47 bits per heavy atom. The second kappa shape index (κ2) is 5.11. The second-order valence-corrected chi connectivity index (χ2v) is 3.58. The van der Waals surface area contributed by atoms with Gasteiger partial charge in [0.1, 0.15) is 6.04 Å². The molecule has 17 heavy (non-hydrogen) atoms. The van der Waals surface area contributed by atoms with E-state index in [1.807, 2.05) is 0 Å². The quantitative estimate of drug-likeness (QED) is 0.751. The first-order valence-electron chi connectivity index (χ1n) is 4.55. The first-order valence-corrected chi connectivity index (χ1v) is 4.93. The lowest BCUT2D eigenvalue weighted by molar-refractivity contribution is -0.138. The van der Waals surface area contributed by atoms with Crippen LogP contribution in [0.2, 0.25) is 5.02 Å². The summed E-state index contributed by atoms with van der Waals surface area (Å²) in [5, 5.41) is 18.7. The van der Waals surface area contributed by atoms with E-state index in [1.165, 1.54) is 20.3 Å². The largest absolute Gasteiger partial charge is 0.504 e. The summed E-state index contributed by atoms with van der Waals surface area (Å²) in [6, 6.07) is -0.111. The zero-order valence-electron chi connectivity index (χ0n) is 9.23. The lowest BCUT2D eigenvalue weighted by Crippen LogP contribution is -2.21. The molecule has 0 aliphatic heterocycles. The molecule has 1 aromatic carbocycles. The van der Waals surface area contributed by atoms with Crippen molar-refractivity contribution in [3.8, 4) is 17.2 Å². The normalized spacial score (nSPS) is 12.0. The molecule has 0 spiro atoms. The van der Waals surface area contributed by atoms with Crippen LogP contribution in [0, 0.1) is 0 Å². The summed E-state index contributed by atoms with van der Waals surface area (Å²) < 4.78 is 9.85. The van der Waals surface area contributed by atoms with Gasteiger partial charge in [0, 0.05) is 11.6 Å². The van der Waals surface area contributed by atoms with Gasteiger partial charge in [-0.3, -0.25) is 4.79 Å². The molecule has 1 rings (SSSR count). The fourth-order valence-corrected chi connectivity index (χ4v) is 1.68. The van der Waals surface area contributed by atoms with Crippen LogP contribution < -0.4 is 15.2 Å². The Morgan fingerprint density at radius 2 is 2.06 bits per heavy atom. The number of carboxylic acids is 1. The molecule has 0 bridgehead atoms. The van der Waals surface area contributed by atoms with Gasteiger partial charge in [0.25, 0.3) is 0 Å². The van der Waals surface area contributed by atoms with Crippen LogP contribution in [0.1, 0.15) is 11.6 Å². The molecule has 0 aliphatic rings. The highest BCUT2D eigenvalue weighted by molar-refractivity contribution is 6.32. The van der Waals surface area contributed by atoms with Crippen molar-refractivity contribution in [3.63, 3.8) is 0 Å². The number of aliphatic carboxylic acids is 1. The molecular formula is C10H12ClNO5. The van der Waals surface area contributed by atoms with Crippen LogP contribution in [-0.4, -0.2) is 30.4 Å². The molecule has 1 aromatic rings. The predicted molar refractivity (Wildman–Crippen MR) is 60.8 cm³/mol. The summed E-state index contributed by atoms with van der Waals surface area (Å²) in [6.07, 6.45) is 0. The highest BCUT2D eigenvalue weighted by Gasteiger charge is 2.26. The average Bonchev–Trinajstić information content (AvgIpc) is 2.27. The maximum Gasteiger partial charge on any atom is 0.325 e. The summed E-state index contributed by atoms with van der Waals surface area (Å²) in [5.41, 5.74) is 5.30. The highest BCUT2D eigenvalue weighted by Crippen LogP contribution is 2.44. The molecule has 94 valence electrons. The summed E-state index contributed by atoms with van der Waals surface area (Å²) in [4.78, 5) is 10.8. The lowest BCUT2D eigenvalue weighted by Gasteiger charge is -2.16. The minimum absolute atomic E-state index is 0.00458. The van der Waals surface area contributed by atoms with Crippen molar-refractivity contribution in [2.24, 2.45) is 5.73 Å². The van der Waals surface area contributed by atoms with Crippen molar-refractivity contribution >= 4 is 17.6 Å². The third kappa shape index (κ3) is 2.37. The zero-order chi connectivity index (χ0) is 13.2. The van der Waals surface area contributed by atoms with E-state index in [-0.39, 0.29) is 22.1 Å². The number of phenols is 1. The number of benzene rings is 1. The zero-order valence-corrected chi connectivity index (χ0v) is 9.99. The summed E-state index contributed by atoms with van der Waals surface area (Å²) in [7, 11) is 2.67. The van der Waals surface area contributed by atoms with Crippen molar-refractivity contribution in [1.29, 1.82) is 0 Å². The lowest BCUT2D eigenvalue weighted by atomic mass is 10.1. The number of halogens is 1.